The Kier molecular flexibility index (Phi) is 5.60. The Morgan fingerprint density at radius 3 is 2.63 bits per heavy atom. The molecule has 1 aromatic carbocycles. The number of hydrogen-bond acceptors (Lipinski definition) is 6. The lowest BCUT2D eigenvalue weighted by Gasteiger charge is -2.34. The number of rotatable bonds is 6. The van der Waals surface area contributed by atoms with Crippen LogP contribution in [-0.2, 0) is 0 Å². The first kappa shape index (κ1) is 17.9. The molecule has 1 aliphatic rings. The Morgan fingerprint density at radius 1 is 1.07 bits per heavy atom. The molecule has 0 spiro atoms. The van der Waals surface area contributed by atoms with Crippen molar-refractivity contribution in [1.29, 1.82) is 0 Å². The number of carbonyl (C=O) groups is 1. The first-order valence-corrected chi connectivity index (χ1v) is 10.1. The fraction of sp³-hybridized carbons (Fsp3) is 0.350. The van der Waals surface area contributed by atoms with Gasteiger partial charge in [0.05, 0.1) is 4.88 Å². The van der Waals surface area contributed by atoms with Gasteiger partial charge in [-0.3, -0.25) is 9.69 Å². The molecule has 1 amide bonds. The van der Waals surface area contributed by atoms with Crippen molar-refractivity contribution in [2.75, 3.05) is 44.2 Å². The molecule has 1 fully saturated rings. The van der Waals surface area contributed by atoms with Crippen molar-refractivity contribution in [1.82, 2.24) is 20.2 Å². The second-order valence-electron chi connectivity index (χ2n) is 6.64. The normalized spacial score (nSPS) is 15.2. The fourth-order valence-corrected chi connectivity index (χ4v) is 4.29. The first-order valence-electron chi connectivity index (χ1n) is 9.31. The summed E-state index contributed by atoms with van der Waals surface area (Å²) in [6.07, 6.45) is 4.53. The van der Waals surface area contributed by atoms with E-state index in [1.54, 1.807) is 23.7 Å². The topological polar surface area (TPSA) is 61.4 Å². The van der Waals surface area contributed by atoms with Crippen molar-refractivity contribution in [3.05, 3.63) is 53.7 Å². The summed E-state index contributed by atoms with van der Waals surface area (Å²) in [5.41, 5.74) is 0. The summed E-state index contributed by atoms with van der Waals surface area (Å²) >= 11 is 1.55. The number of aromatic nitrogens is 2. The third kappa shape index (κ3) is 4.43. The van der Waals surface area contributed by atoms with Crippen LogP contribution in [0, 0.1) is 0 Å². The maximum atomic E-state index is 12.3. The van der Waals surface area contributed by atoms with Gasteiger partial charge in [-0.15, -0.1) is 11.3 Å². The van der Waals surface area contributed by atoms with Crippen LogP contribution in [0.5, 0.6) is 0 Å². The Hall–Kier alpha value is -2.51. The van der Waals surface area contributed by atoms with Gasteiger partial charge >= 0.3 is 0 Å². The van der Waals surface area contributed by atoms with E-state index in [-0.39, 0.29) is 5.91 Å². The molecular formula is C20H23N5OS. The van der Waals surface area contributed by atoms with Gasteiger partial charge in [-0.2, -0.15) is 0 Å². The molecule has 0 saturated carbocycles. The van der Waals surface area contributed by atoms with E-state index in [1.165, 1.54) is 0 Å². The second-order valence-corrected chi connectivity index (χ2v) is 7.72. The van der Waals surface area contributed by atoms with Crippen molar-refractivity contribution >= 4 is 33.3 Å². The van der Waals surface area contributed by atoms with Crippen molar-refractivity contribution in [2.45, 2.75) is 6.42 Å². The van der Waals surface area contributed by atoms with Crippen LogP contribution in [0.15, 0.2) is 48.8 Å². The van der Waals surface area contributed by atoms with E-state index >= 15 is 0 Å². The lowest BCUT2D eigenvalue weighted by molar-refractivity contribution is 0.0955. The molecular weight excluding hydrogens is 358 g/mol. The minimum Gasteiger partial charge on any atom is -0.351 e. The van der Waals surface area contributed by atoms with Crippen LogP contribution in [0.1, 0.15) is 16.1 Å². The molecule has 7 heteroatoms. The van der Waals surface area contributed by atoms with E-state index in [9.17, 15) is 4.79 Å². The van der Waals surface area contributed by atoms with Gasteiger partial charge in [0.1, 0.15) is 0 Å². The van der Waals surface area contributed by atoms with Crippen LogP contribution < -0.4 is 10.2 Å². The predicted molar refractivity (Wildman–Crippen MR) is 109 cm³/mol. The maximum absolute atomic E-state index is 12.3. The smallest absolute Gasteiger partial charge is 0.261 e. The Bertz CT molecular complexity index is 857. The quantitative estimate of drug-likeness (QED) is 0.665. The van der Waals surface area contributed by atoms with Gasteiger partial charge in [-0.25, -0.2) is 9.97 Å². The average molecular weight is 382 g/mol. The van der Waals surface area contributed by atoms with Crippen LogP contribution in [0.2, 0.25) is 0 Å². The van der Waals surface area contributed by atoms with Crippen LogP contribution >= 0.6 is 11.3 Å². The zero-order valence-corrected chi connectivity index (χ0v) is 16.0. The third-order valence-corrected chi connectivity index (χ3v) is 5.91. The van der Waals surface area contributed by atoms with Gasteiger partial charge in [0.15, 0.2) is 0 Å². The minimum absolute atomic E-state index is 0.0299. The fourth-order valence-electron chi connectivity index (χ4n) is 3.31. The Balaban J connectivity index is 1.18. The van der Waals surface area contributed by atoms with Crippen LogP contribution in [-0.4, -0.2) is 60.0 Å². The molecule has 0 aliphatic carbocycles. The summed E-state index contributed by atoms with van der Waals surface area (Å²) in [6.45, 7) is 5.59. The Morgan fingerprint density at radius 2 is 1.85 bits per heavy atom. The number of carbonyl (C=O) groups excluding carboxylic acids is 1. The molecule has 140 valence electrons. The van der Waals surface area contributed by atoms with E-state index in [2.05, 4.69) is 31.2 Å². The molecule has 1 N–H and O–H groups in total. The highest BCUT2D eigenvalue weighted by atomic mass is 32.1. The number of thiophene rings is 1. The number of fused-ring (bicyclic) bond motifs is 1. The van der Waals surface area contributed by atoms with Gasteiger partial charge in [0.25, 0.3) is 5.91 Å². The number of nitrogens with one attached hydrogen (secondary N) is 1. The summed E-state index contributed by atoms with van der Waals surface area (Å²) in [5.74, 6) is 0.843. The van der Waals surface area contributed by atoms with Crippen LogP contribution in [0.4, 0.5) is 5.95 Å². The van der Waals surface area contributed by atoms with Crippen LogP contribution in [0.25, 0.3) is 10.1 Å². The van der Waals surface area contributed by atoms with E-state index in [0.29, 0.717) is 6.54 Å². The van der Waals surface area contributed by atoms with E-state index in [1.807, 2.05) is 30.3 Å². The molecule has 4 rings (SSSR count). The summed E-state index contributed by atoms with van der Waals surface area (Å²) < 4.78 is 1.16. The highest BCUT2D eigenvalue weighted by molar-refractivity contribution is 7.20. The number of piperazine rings is 1. The number of amides is 1. The SMILES string of the molecule is O=C(NCCCN1CCN(c2ncccn2)CC1)c1cc2ccccc2s1. The minimum atomic E-state index is 0.0299. The van der Waals surface area contributed by atoms with Gasteiger partial charge in [0, 0.05) is 49.8 Å². The third-order valence-electron chi connectivity index (χ3n) is 4.79. The monoisotopic (exact) mass is 381 g/mol. The van der Waals surface area contributed by atoms with E-state index < -0.39 is 0 Å². The molecule has 2 aromatic heterocycles. The molecule has 0 unspecified atom stereocenters. The molecule has 6 nitrogen and oxygen atoms in total. The molecule has 1 saturated heterocycles. The van der Waals surface area contributed by atoms with Crippen molar-refractivity contribution in [3.63, 3.8) is 0 Å². The lowest BCUT2D eigenvalue weighted by atomic mass is 10.2. The highest BCUT2D eigenvalue weighted by Crippen LogP contribution is 2.25. The standard InChI is InChI=1S/C20H23N5OS/c26-19(18-15-16-5-1-2-6-17(16)27-18)21-9-4-10-24-11-13-25(14-12-24)20-22-7-3-8-23-20/h1-3,5-8,15H,4,9-14H2,(H,21,26). The summed E-state index contributed by atoms with van der Waals surface area (Å²) in [6, 6.07) is 11.9. The molecule has 3 aromatic rings. The zero-order chi connectivity index (χ0) is 18.5. The van der Waals surface area contributed by atoms with Crippen molar-refractivity contribution in [3.8, 4) is 0 Å². The molecule has 27 heavy (non-hydrogen) atoms. The summed E-state index contributed by atoms with van der Waals surface area (Å²) in [4.78, 5) is 26.4. The van der Waals surface area contributed by atoms with Gasteiger partial charge in [-0.05, 0) is 36.6 Å². The van der Waals surface area contributed by atoms with Gasteiger partial charge < -0.3 is 10.2 Å². The van der Waals surface area contributed by atoms with Crippen molar-refractivity contribution < 1.29 is 4.79 Å². The molecule has 3 heterocycles. The second kappa shape index (κ2) is 8.45. The highest BCUT2D eigenvalue weighted by Gasteiger charge is 2.18. The van der Waals surface area contributed by atoms with Crippen LogP contribution in [0.3, 0.4) is 0 Å². The average Bonchev–Trinajstić information content (AvgIpc) is 3.17. The summed E-state index contributed by atoms with van der Waals surface area (Å²) in [5, 5.41) is 4.18. The van der Waals surface area contributed by atoms with E-state index in [0.717, 1.165) is 60.1 Å². The number of nitrogens with zero attached hydrogens (tertiary/aromatic N) is 4. The summed E-state index contributed by atoms with van der Waals surface area (Å²) in [7, 11) is 0. The molecule has 1 aliphatic heterocycles. The van der Waals surface area contributed by atoms with Gasteiger partial charge in [-0.1, -0.05) is 18.2 Å². The maximum Gasteiger partial charge on any atom is 0.261 e. The zero-order valence-electron chi connectivity index (χ0n) is 15.2. The molecule has 0 atom stereocenters. The van der Waals surface area contributed by atoms with E-state index in [4.69, 9.17) is 0 Å². The van der Waals surface area contributed by atoms with Crippen molar-refractivity contribution in [2.24, 2.45) is 0 Å². The number of hydrogen-bond donors (Lipinski definition) is 1. The predicted octanol–water partition coefficient (Wildman–Crippen LogP) is 2.63. The molecule has 0 bridgehead atoms. The largest absolute Gasteiger partial charge is 0.351 e. The number of benzene rings is 1. The first-order chi connectivity index (χ1) is 13.3. The molecule has 0 radical (unpaired) electrons. The lowest BCUT2D eigenvalue weighted by Crippen LogP contribution is -2.47. The number of anilines is 1. The Labute approximate surface area is 162 Å². The van der Waals surface area contributed by atoms with Gasteiger partial charge in [0.2, 0.25) is 5.95 Å².